The molecule has 6 heteroatoms. The molecule has 1 saturated carbocycles. The Morgan fingerprint density at radius 2 is 2.12 bits per heavy atom. The van der Waals surface area contributed by atoms with Gasteiger partial charge in [0.2, 0.25) is 11.8 Å². The summed E-state index contributed by atoms with van der Waals surface area (Å²) in [7, 11) is 2.09. The number of rotatable bonds is 8. The summed E-state index contributed by atoms with van der Waals surface area (Å²) in [5.41, 5.74) is 0.748. The molecule has 1 aliphatic heterocycles. The van der Waals surface area contributed by atoms with E-state index in [-0.39, 0.29) is 24.2 Å². The highest BCUT2D eigenvalue weighted by Gasteiger charge is 2.36. The van der Waals surface area contributed by atoms with Crippen LogP contribution in [0.2, 0.25) is 0 Å². The van der Waals surface area contributed by atoms with Crippen molar-refractivity contribution in [3.8, 4) is 5.75 Å². The minimum atomic E-state index is -0.298. The summed E-state index contributed by atoms with van der Waals surface area (Å²) in [6.07, 6.45) is 2.77. The molecule has 2 fully saturated rings. The minimum Gasteiger partial charge on any atom is -0.492 e. The average Bonchev–Trinajstić information content (AvgIpc) is 3.38. The molecule has 25 heavy (non-hydrogen) atoms. The number of benzene rings is 1. The van der Waals surface area contributed by atoms with Crippen LogP contribution in [-0.4, -0.2) is 56.0 Å². The molecule has 136 valence electrons. The van der Waals surface area contributed by atoms with Gasteiger partial charge in [-0.3, -0.25) is 9.59 Å². The monoisotopic (exact) mass is 345 g/mol. The highest BCUT2D eigenvalue weighted by molar-refractivity contribution is 6.01. The number of hydrogen-bond acceptors (Lipinski definition) is 4. The van der Waals surface area contributed by atoms with E-state index < -0.39 is 0 Å². The lowest BCUT2D eigenvalue weighted by Crippen LogP contribution is -2.38. The summed E-state index contributed by atoms with van der Waals surface area (Å²) in [4.78, 5) is 28.8. The van der Waals surface area contributed by atoms with Crippen molar-refractivity contribution in [2.24, 2.45) is 5.92 Å². The van der Waals surface area contributed by atoms with E-state index in [4.69, 9.17) is 4.74 Å². The largest absolute Gasteiger partial charge is 0.492 e. The van der Waals surface area contributed by atoms with Gasteiger partial charge in [0.1, 0.15) is 5.75 Å². The molecule has 0 unspecified atom stereocenters. The second-order valence-electron chi connectivity index (χ2n) is 6.81. The molecule has 2 amide bonds. The molecule has 1 saturated heterocycles. The standard InChI is InChI=1S/C19H27N3O3/c1-3-25-17-7-5-4-6-16(17)22-13-14(12-18(22)23)19(24)20-10-11-21(2)15-8-9-15/h4-7,14-15H,3,8-13H2,1-2H3,(H,20,24)/t14-/m1/s1. The van der Waals surface area contributed by atoms with E-state index in [1.807, 2.05) is 31.2 Å². The number of anilines is 1. The molecule has 1 atom stereocenters. The SMILES string of the molecule is CCOc1ccccc1N1C[C@H](C(=O)NCCN(C)C2CC2)CC1=O. The summed E-state index contributed by atoms with van der Waals surface area (Å²) < 4.78 is 5.61. The maximum absolute atomic E-state index is 12.4. The van der Waals surface area contributed by atoms with Gasteiger partial charge >= 0.3 is 0 Å². The van der Waals surface area contributed by atoms with Gasteiger partial charge in [-0.25, -0.2) is 0 Å². The van der Waals surface area contributed by atoms with Gasteiger partial charge in [0, 0.05) is 32.1 Å². The third-order valence-corrected chi connectivity index (χ3v) is 4.89. The van der Waals surface area contributed by atoms with Crippen LogP contribution in [0.25, 0.3) is 0 Å². The first kappa shape index (κ1) is 17.7. The fraction of sp³-hybridized carbons (Fsp3) is 0.579. The number of nitrogens with one attached hydrogen (secondary N) is 1. The van der Waals surface area contributed by atoms with Gasteiger partial charge in [-0.1, -0.05) is 12.1 Å². The maximum Gasteiger partial charge on any atom is 0.227 e. The van der Waals surface area contributed by atoms with E-state index in [0.29, 0.717) is 31.5 Å². The summed E-state index contributed by atoms with van der Waals surface area (Å²) in [5.74, 6) is 0.329. The van der Waals surface area contributed by atoms with Crippen molar-refractivity contribution in [1.82, 2.24) is 10.2 Å². The predicted octanol–water partition coefficient (Wildman–Crippen LogP) is 1.65. The fourth-order valence-corrected chi connectivity index (χ4v) is 3.27. The van der Waals surface area contributed by atoms with Crippen molar-refractivity contribution in [2.75, 3.05) is 38.2 Å². The van der Waals surface area contributed by atoms with Crippen molar-refractivity contribution < 1.29 is 14.3 Å². The molecule has 1 N–H and O–H groups in total. The summed E-state index contributed by atoms with van der Waals surface area (Å²) in [6.45, 7) is 4.35. The first-order valence-electron chi connectivity index (χ1n) is 9.10. The number of carbonyl (C=O) groups excluding carboxylic acids is 2. The number of nitrogens with zero attached hydrogens (tertiary/aromatic N) is 2. The molecule has 2 aliphatic rings. The predicted molar refractivity (Wildman–Crippen MR) is 96.7 cm³/mol. The van der Waals surface area contributed by atoms with Crippen LogP contribution in [0.3, 0.4) is 0 Å². The summed E-state index contributed by atoms with van der Waals surface area (Å²) in [5, 5.41) is 2.98. The Balaban J connectivity index is 1.55. The molecular formula is C19H27N3O3. The third-order valence-electron chi connectivity index (χ3n) is 4.89. The lowest BCUT2D eigenvalue weighted by atomic mass is 10.1. The first-order chi connectivity index (χ1) is 12.1. The average molecular weight is 345 g/mol. The van der Waals surface area contributed by atoms with Crippen molar-refractivity contribution >= 4 is 17.5 Å². The molecule has 0 aromatic heterocycles. The zero-order valence-corrected chi connectivity index (χ0v) is 15.0. The van der Waals surface area contributed by atoms with Gasteiger partial charge in [-0.2, -0.15) is 0 Å². The lowest BCUT2D eigenvalue weighted by Gasteiger charge is -2.20. The molecule has 6 nitrogen and oxygen atoms in total. The normalized spacial score (nSPS) is 20.2. The molecule has 1 aromatic carbocycles. The first-order valence-corrected chi connectivity index (χ1v) is 9.10. The number of hydrogen-bond donors (Lipinski definition) is 1. The van der Waals surface area contributed by atoms with Gasteiger partial charge in [-0.05, 0) is 38.9 Å². The van der Waals surface area contributed by atoms with Crippen molar-refractivity contribution in [3.05, 3.63) is 24.3 Å². The molecule has 0 spiro atoms. The van der Waals surface area contributed by atoms with Gasteiger partial charge in [0.25, 0.3) is 0 Å². The zero-order valence-electron chi connectivity index (χ0n) is 15.0. The number of amides is 2. The van der Waals surface area contributed by atoms with E-state index in [9.17, 15) is 9.59 Å². The van der Waals surface area contributed by atoms with Crippen LogP contribution >= 0.6 is 0 Å². The van der Waals surface area contributed by atoms with Gasteiger partial charge < -0.3 is 19.9 Å². The Morgan fingerprint density at radius 3 is 2.84 bits per heavy atom. The van der Waals surface area contributed by atoms with Crippen LogP contribution in [0, 0.1) is 5.92 Å². The van der Waals surface area contributed by atoms with Crippen LogP contribution in [0.5, 0.6) is 5.75 Å². The topological polar surface area (TPSA) is 61.9 Å². The van der Waals surface area contributed by atoms with Crippen LogP contribution in [-0.2, 0) is 9.59 Å². The van der Waals surface area contributed by atoms with E-state index in [1.54, 1.807) is 4.90 Å². The van der Waals surface area contributed by atoms with Gasteiger partial charge in [0.05, 0.1) is 18.2 Å². The quantitative estimate of drug-likeness (QED) is 0.778. The summed E-state index contributed by atoms with van der Waals surface area (Å²) >= 11 is 0. The van der Waals surface area contributed by atoms with E-state index in [1.165, 1.54) is 12.8 Å². The van der Waals surface area contributed by atoms with E-state index in [0.717, 1.165) is 12.2 Å². The highest BCUT2D eigenvalue weighted by atomic mass is 16.5. The van der Waals surface area contributed by atoms with E-state index >= 15 is 0 Å². The van der Waals surface area contributed by atoms with Crippen molar-refractivity contribution in [2.45, 2.75) is 32.2 Å². The smallest absolute Gasteiger partial charge is 0.227 e. The van der Waals surface area contributed by atoms with Gasteiger partial charge in [0.15, 0.2) is 0 Å². The molecule has 1 aliphatic carbocycles. The third kappa shape index (κ3) is 4.31. The Labute approximate surface area is 149 Å². The zero-order chi connectivity index (χ0) is 17.8. The molecule has 0 bridgehead atoms. The highest BCUT2D eigenvalue weighted by Crippen LogP contribution is 2.33. The number of likely N-dealkylation sites (N-methyl/N-ethyl adjacent to an activating group) is 1. The fourth-order valence-electron chi connectivity index (χ4n) is 3.27. The molecule has 1 aromatic rings. The summed E-state index contributed by atoms with van der Waals surface area (Å²) in [6, 6.07) is 8.18. The van der Waals surface area contributed by atoms with E-state index in [2.05, 4.69) is 17.3 Å². The molecule has 1 heterocycles. The Kier molecular flexibility index (Phi) is 5.58. The second kappa shape index (κ2) is 7.87. The lowest BCUT2D eigenvalue weighted by molar-refractivity contribution is -0.126. The van der Waals surface area contributed by atoms with Gasteiger partial charge in [-0.15, -0.1) is 0 Å². The Bertz CT molecular complexity index is 630. The minimum absolute atomic E-state index is 0.0256. The van der Waals surface area contributed by atoms with Crippen LogP contribution in [0.15, 0.2) is 24.3 Å². The van der Waals surface area contributed by atoms with Crippen LogP contribution in [0.1, 0.15) is 26.2 Å². The number of ether oxygens (including phenoxy) is 1. The Morgan fingerprint density at radius 1 is 1.36 bits per heavy atom. The number of carbonyl (C=O) groups is 2. The van der Waals surface area contributed by atoms with Crippen molar-refractivity contribution in [1.29, 1.82) is 0 Å². The van der Waals surface area contributed by atoms with Crippen LogP contribution in [0.4, 0.5) is 5.69 Å². The number of para-hydroxylation sites is 2. The Hall–Kier alpha value is -2.08. The molecule has 0 radical (unpaired) electrons. The van der Waals surface area contributed by atoms with Crippen molar-refractivity contribution in [3.63, 3.8) is 0 Å². The second-order valence-corrected chi connectivity index (χ2v) is 6.81. The molecule has 3 rings (SSSR count). The van der Waals surface area contributed by atoms with Crippen LogP contribution < -0.4 is 15.0 Å². The maximum atomic E-state index is 12.4. The molecular weight excluding hydrogens is 318 g/mol.